The number of β-amino-alcohol motifs (C(OH)–C–C–N with tert-alkyl or cyclic N) is 1. The zero-order chi connectivity index (χ0) is 14.9. The predicted molar refractivity (Wildman–Crippen MR) is 80.4 cm³/mol. The van der Waals surface area contributed by atoms with Crippen LogP contribution in [0.15, 0.2) is 0 Å². The number of carbonyl (C=O) groups excluding carboxylic acids is 1. The van der Waals surface area contributed by atoms with Crippen molar-refractivity contribution in [1.29, 1.82) is 0 Å². The molecule has 5 atom stereocenters. The van der Waals surface area contributed by atoms with Gasteiger partial charge in [-0.3, -0.25) is 9.69 Å². The average Bonchev–Trinajstić information content (AvgIpc) is 2.40. The predicted octanol–water partition coefficient (Wildman–Crippen LogP) is 1.87. The summed E-state index contributed by atoms with van der Waals surface area (Å²) in [5.74, 6) is 0.591. The van der Waals surface area contributed by atoms with Crippen LogP contribution in [0, 0.1) is 5.92 Å². The summed E-state index contributed by atoms with van der Waals surface area (Å²) in [6.07, 6.45) is 4.13. The van der Waals surface area contributed by atoms with Crippen LogP contribution in [0.3, 0.4) is 0 Å². The molecular formula is C16H30N2O2. The van der Waals surface area contributed by atoms with Crippen LogP contribution < -0.4 is 0 Å². The summed E-state index contributed by atoms with van der Waals surface area (Å²) in [7, 11) is 0. The lowest BCUT2D eigenvalue weighted by Crippen LogP contribution is -2.57. The van der Waals surface area contributed by atoms with Gasteiger partial charge in [0.2, 0.25) is 5.91 Å². The zero-order valence-electron chi connectivity index (χ0n) is 13.4. The van der Waals surface area contributed by atoms with Gasteiger partial charge in [0, 0.05) is 18.6 Å². The van der Waals surface area contributed by atoms with Crippen LogP contribution >= 0.6 is 0 Å². The van der Waals surface area contributed by atoms with Crippen molar-refractivity contribution in [3.63, 3.8) is 0 Å². The highest BCUT2D eigenvalue weighted by Crippen LogP contribution is 2.25. The van der Waals surface area contributed by atoms with Crippen molar-refractivity contribution < 1.29 is 9.90 Å². The minimum absolute atomic E-state index is 0.111. The lowest BCUT2D eigenvalue weighted by atomic mass is 9.93. The van der Waals surface area contributed by atoms with Crippen molar-refractivity contribution in [3.05, 3.63) is 0 Å². The summed E-state index contributed by atoms with van der Waals surface area (Å²) < 4.78 is 0. The largest absolute Gasteiger partial charge is 0.392 e. The first-order valence-electron chi connectivity index (χ1n) is 8.16. The fourth-order valence-electron chi connectivity index (χ4n) is 3.65. The van der Waals surface area contributed by atoms with Crippen molar-refractivity contribution in [2.75, 3.05) is 13.1 Å². The monoisotopic (exact) mass is 282 g/mol. The molecule has 1 amide bonds. The number of hydrogen-bond donors (Lipinski definition) is 1. The molecule has 116 valence electrons. The Labute approximate surface area is 123 Å². The molecule has 0 spiro atoms. The molecule has 2 saturated heterocycles. The van der Waals surface area contributed by atoms with E-state index in [-0.39, 0.29) is 18.1 Å². The van der Waals surface area contributed by atoms with Crippen LogP contribution in [0.5, 0.6) is 0 Å². The summed E-state index contributed by atoms with van der Waals surface area (Å²) in [5, 5.41) is 10.0. The Kier molecular flexibility index (Phi) is 5.08. The Morgan fingerprint density at radius 2 is 1.75 bits per heavy atom. The lowest BCUT2D eigenvalue weighted by Gasteiger charge is -2.44. The normalized spacial score (nSPS) is 37.8. The molecule has 2 aliphatic rings. The molecule has 2 heterocycles. The molecule has 0 saturated carbocycles. The standard InChI is InChI=1S/C16H30N2O2/c1-11-8-9-17(10-15(11)19)14(4)16(20)18-12(2)6-5-7-13(18)3/h11-15,19H,5-10H2,1-4H3. The number of aliphatic hydroxyl groups excluding tert-OH is 1. The number of piperidine rings is 2. The second kappa shape index (κ2) is 6.44. The van der Waals surface area contributed by atoms with E-state index in [0.29, 0.717) is 24.5 Å². The maximum atomic E-state index is 12.8. The van der Waals surface area contributed by atoms with Gasteiger partial charge in [-0.05, 0) is 58.9 Å². The third-order valence-corrected chi connectivity index (χ3v) is 5.30. The SMILES string of the molecule is CC1CCN(C(C)C(=O)N2C(C)CCCC2C)CC1O. The Hall–Kier alpha value is -0.610. The maximum Gasteiger partial charge on any atom is 0.240 e. The van der Waals surface area contributed by atoms with Crippen molar-refractivity contribution >= 4 is 5.91 Å². The second-order valence-corrected chi connectivity index (χ2v) is 6.88. The molecule has 0 aromatic rings. The first-order valence-corrected chi connectivity index (χ1v) is 8.16. The number of aliphatic hydroxyl groups is 1. The quantitative estimate of drug-likeness (QED) is 0.841. The molecule has 1 N–H and O–H groups in total. The zero-order valence-corrected chi connectivity index (χ0v) is 13.4. The summed E-state index contributed by atoms with van der Waals surface area (Å²) in [5.41, 5.74) is 0. The first kappa shape index (κ1) is 15.8. The van der Waals surface area contributed by atoms with E-state index in [1.807, 2.05) is 6.92 Å². The van der Waals surface area contributed by atoms with Crippen LogP contribution in [0.2, 0.25) is 0 Å². The average molecular weight is 282 g/mol. The number of hydrogen-bond acceptors (Lipinski definition) is 3. The van der Waals surface area contributed by atoms with Crippen molar-refractivity contribution in [1.82, 2.24) is 9.80 Å². The van der Waals surface area contributed by atoms with Gasteiger partial charge in [0.15, 0.2) is 0 Å². The molecule has 20 heavy (non-hydrogen) atoms. The Balaban J connectivity index is 2.00. The van der Waals surface area contributed by atoms with E-state index in [9.17, 15) is 9.90 Å². The number of amides is 1. The van der Waals surface area contributed by atoms with Crippen molar-refractivity contribution in [2.24, 2.45) is 5.92 Å². The molecule has 5 unspecified atom stereocenters. The van der Waals surface area contributed by atoms with Gasteiger partial charge in [0.25, 0.3) is 0 Å². The van der Waals surface area contributed by atoms with Gasteiger partial charge in [-0.1, -0.05) is 6.92 Å². The van der Waals surface area contributed by atoms with Gasteiger partial charge >= 0.3 is 0 Å². The van der Waals surface area contributed by atoms with E-state index in [4.69, 9.17) is 0 Å². The van der Waals surface area contributed by atoms with Crippen LogP contribution in [0.25, 0.3) is 0 Å². The summed E-state index contributed by atoms with van der Waals surface area (Å²) in [4.78, 5) is 17.0. The minimum Gasteiger partial charge on any atom is -0.392 e. The molecule has 4 nitrogen and oxygen atoms in total. The Morgan fingerprint density at radius 3 is 2.30 bits per heavy atom. The summed E-state index contributed by atoms with van der Waals surface area (Å²) in [6, 6.07) is 0.588. The third kappa shape index (κ3) is 3.17. The van der Waals surface area contributed by atoms with E-state index in [0.717, 1.165) is 25.8 Å². The van der Waals surface area contributed by atoms with E-state index in [1.54, 1.807) is 0 Å². The van der Waals surface area contributed by atoms with Gasteiger partial charge < -0.3 is 10.0 Å². The lowest BCUT2D eigenvalue weighted by molar-refractivity contribution is -0.144. The number of nitrogens with zero attached hydrogens (tertiary/aromatic N) is 2. The highest BCUT2D eigenvalue weighted by molar-refractivity contribution is 5.82. The molecule has 2 rings (SSSR count). The molecule has 0 bridgehead atoms. The van der Waals surface area contributed by atoms with Crippen LogP contribution in [-0.2, 0) is 4.79 Å². The molecule has 0 aromatic heterocycles. The van der Waals surface area contributed by atoms with Gasteiger partial charge in [-0.25, -0.2) is 0 Å². The highest BCUT2D eigenvalue weighted by atomic mass is 16.3. The summed E-state index contributed by atoms with van der Waals surface area (Å²) in [6.45, 7) is 9.95. The minimum atomic E-state index is -0.296. The van der Waals surface area contributed by atoms with Crippen LogP contribution in [0.1, 0.15) is 53.4 Å². The fourth-order valence-corrected chi connectivity index (χ4v) is 3.65. The highest BCUT2D eigenvalue weighted by Gasteiger charge is 2.36. The van der Waals surface area contributed by atoms with Gasteiger partial charge in [-0.15, -0.1) is 0 Å². The van der Waals surface area contributed by atoms with Crippen molar-refractivity contribution in [3.8, 4) is 0 Å². The number of rotatable bonds is 2. The third-order valence-electron chi connectivity index (χ3n) is 5.30. The van der Waals surface area contributed by atoms with Crippen LogP contribution in [0.4, 0.5) is 0 Å². The Morgan fingerprint density at radius 1 is 1.15 bits per heavy atom. The fraction of sp³-hybridized carbons (Fsp3) is 0.938. The van der Waals surface area contributed by atoms with E-state index < -0.39 is 0 Å². The van der Waals surface area contributed by atoms with Gasteiger partial charge in [0.05, 0.1) is 12.1 Å². The van der Waals surface area contributed by atoms with Gasteiger partial charge in [0.1, 0.15) is 0 Å². The van der Waals surface area contributed by atoms with E-state index in [1.165, 1.54) is 6.42 Å². The second-order valence-electron chi connectivity index (χ2n) is 6.88. The molecule has 0 aromatic carbocycles. The van der Waals surface area contributed by atoms with Crippen LogP contribution in [-0.4, -0.2) is 58.1 Å². The Bertz CT molecular complexity index is 337. The smallest absolute Gasteiger partial charge is 0.240 e. The molecule has 2 fully saturated rings. The first-order chi connectivity index (χ1) is 9.41. The molecule has 2 aliphatic heterocycles. The molecule has 0 aliphatic carbocycles. The van der Waals surface area contributed by atoms with Gasteiger partial charge in [-0.2, -0.15) is 0 Å². The topological polar surface area (TPSA) is 43.8 Å². The number of carbonyl (C=O) groups is 1. The number of likely N-dealkylation sites (tertiary alicyclic amines) is 2. The van der Waals surface area contributed by atoms with Crippen molar-refractivity contribution in [2.45, 2.75) is 77.6 Å². The molecular weight excluding hydrogens is 252 g/mol. The van der Waals surface area contributed by atoms with E-state index in [2.05, 4.69) is 30.6 Å². The molecule has 4 heteroatoms. The van der Waals surface area contributed by atoms with E-state index >= 15 is 0 Å². The summed E-state index contributed by atoms with van der Waals surface area (Å²) >= 11 is 0. The maximum absolute atomic E-state index is 12.8. The molecule has 0 radical (unpaired) electrons.